The normalized spacial score (nSPS) is 16.4. The molecule has 2 N–H and O–H groups in total. The van der Waals surface area contributed by atoms with Gasteiger partial charge in [0.2, 0.25) is 0 Å². The predicted molar refractivity (Wildman–Crippen MR) is 82.2 cm³/mol. The molecule has 0 amide bonds. The second kappa shape index (κ2) is 8.28. The molecular weight excluding hydrogens is 343 g/mol. The van der Waals surface area contributed by atoms with Gasteiger partial charge in [-0.05, 0) is 12.8 Å². The van der Waals surface area contributed by atoms with E-state index in [0.29, 0.717) is 6.04 Å². The van der Waals surface area contributed by atoms with Crippen molar-refractivity contribution < 1.29 is 0 Å². The van der Waals surface area contributed by atoms with E-state index in [1.54, 1.807) is 24.4 Å². The van der Waals surface area contributed by atoms with Crippen molar-refractivity contribution in [1.29, 1.82) is 0 Å². The molecule has 2 rings (SSSR count). The number of hydrogen-bond donors (Lipinski definition) is 2. The number of halogens is 1. The van der Waals surface area contributed by atoms with Crippen LogP contribution in [0.15, 0.2) is 17.6 Å². The highest BCUT2D eigenvalue weighted by Gasteiger charge is 2.15. The molecule has 0 aliphatic heterocycles. The van der Waals surface area contributed by atoms with Crippen LogP contribution in [0, 0.1) is 0 Å². The van der Waals surface area contributed by atoms with Crippen molar-refractivity contribution in [2.24, 2.45) is 4.99 Å². The first kappa shape index (κ1) is 15.2. The van der Waals surface area contributed by atoms with Crippen molar-refractivity contribution in [3.05, 3.63) is 12.7 Å². The van der Waals surface area contributed by atoms with Crippen LogP contribution in [0.25, 0.3) is 0 Å². The summed E-state index contributed by atoms with van der Waals surface area (Å²) in [6.07, 6.45) is 8.43. The van der Waals surface area contributed by atoms with Crippen LogP contribution in [0.5, 0.6) is 0 Å². The molecule has 102 valence electrons. The fourth-order valence-electron chi connectivity index (χ4n) is 2.10. The summed E-state index contributed by atoms with van der Waals surface area (Å²) in [6, 6.07) is 0.590. The molecule has 0 bridgehead atoms. The molecule has 0 aromatic carbocycles. The lowest BCUT2D eigenvalue weighted by molar-refractivity contribution is 0.578. The molecule has 1 aromatic heterocycles. The lowest BCUT2D eigenvalue weighted by Crippen LogP contribution is -2.43. The van der Waals surface area contributed by atoms with E-state index in [4.69, 9.17) is 0 Å². The van der Waals surface area contributed by atoms with E-state index < -0.39 is 0 Å². The zero-order valence-corrected chi connectivity index (χ0v) is 13.0. The van der Waals surface area contributed by atoms with E-state index in [0.717, 1.165) is 19.0 Å². The fraction of sp³-hybridized carbons (Fsp3) is 0.727. The van der Waals surface area contributed by atoms with Crippen LogP contribution in [0.3, 0.4) is 0 Å². The number of guanidine groups is 1. The Labute approximate surface area is 125 Å². The average Bonchev–Trinajstić information content (AvgIpc) is 3.00. The summed E-state index contributed by atoms with van der Waals surface area (Å²) < 4.78 is 1.80. The number of nitrogens with one attached hydrogen (secondary N) is 2. The van der Waals surface area contributed by atoms with Crippen molar-refractivity contribution in [3.8, 4) is 0 Å². The number of aromatic nitrogens is 3. The van der Waals surface area contributed by atoms with Crippen molar-refractivity contribution in [2.45, 2.75) is 38.3 Å². The third-order valence-corrected chi connectivity index (χ3v) is 3.02. The maximum Gasteiger partial charge on any atom is 0.191 e. The molecule has 0 atom stereocenters. The summed E-state index contributed by atoms with van der Waals surface area (Å²) in [4.78, 5) is 8.12. The number of hydrogen-bond acceptors (Lipinski definition) is 3. The van der Waals surface area contributed by atoms with Crippen molar-refractivity contribution in [2.75, 3.05) is 13.6 Å². The maximum absolute atomic E-state index is 4.22. The Kier molecular flexibility index (Phi) is 6.99. The molecule has 1 fully saturated rings. The monoisotopic (exact) mass is 364 g/mol. The van der Waals surface area contributed by atoms with Crippen LogP contribution in [0.1, 0.15) is 25.7 Å². The minimum Gasteiger partial charge on any atom is -0.355 e. The van der Waals surface area contributed by atoms with Crippen LogP contribution in [0.2, 0.25) is 0 Å². The van der Waals surface area contributed by atoms with Crippen LogP contribution in [0.4, 0.5) is 0 Å². The minimum atomic E-state index is 0. The van der Waals surface area contributed by atoms with Gasteiger partial charge in [0.15, 0.2) is 5.96 Å². The second-order valence-electron chi connectivity index (χ2n) is 4.28. The molecule has 1 aromatic rings. The molecule has 0 radical (unpaired) electrons. The van der Waals surface area contributed by atoms with Gasteiger partial charge in [-0.2, -0.15) is 5.10 Å². The molecule has 1 saturated carbocycles. The first-order valence-corrected chi connectivity index (χ1v) is 6.18. The van der Waals surface area contributed by atoms with Crippen LogP contribution in [-0.4, -0.2) is 40.4 Å². The van der Waals surface area contributed by atoms with E-state index in [1.165, 1.54) is 25.7 Å². The third kappa shape index (κ3) is 4.79. The van der Waals surface area contributed by atoms with Gasteiger partial charge in [-0.3, -0.25) is 9.67 Å². The van der Waals surface area contributed by atoms with Crippen molar-refractivity contribution in [3.63, 3.8) is 0 Å². The number of rotatable bonds is 4. The van der Waals surface area contributed by atoms with Gasteiger partial charge in [-0.25, -0.2) is 4.98 Å². The number of aliphatic imine (C=N–C) groups is 1. The van der Waals surface area contributed by atoms with Gasteiger partial charge in [-0.15, -0.1) is 24.0 Å². The molecule has 1 heterocycles. The molecule has 7 heteroatoms. The van der Waals surface area contributed by atoms with Crippen molar-refractivity contribution in [1.82, 2.24) is 25.4 Å². The highest BCUT2D eigenvalue weighted by atomic mass is 127. The molecule has 1 aliphatic rings. The zero-order valence-electron chi connectivity index (χ0n) is 10.7. The second-order valence-corrected chi connectivity index (χ2v) is 4.28. The Balaban J connectivity index is 0.00000162. The lowest BCUT2D eigenvalue weighted by atomic mass is 10.2. The number of nitrogens with zero attached hydrogens (tertiary/aromatic N) is 4. The van der Waals surface area contributed by atoms with E-state index in [1.807, 2.05) is 0 Å². The summed E-state index contributed by atoms with van der Waals surface area (Å²) in [5.41, 5.74) is 0. The van der Waals surface area contributed by atoms with Gasteiger partial charge in [0.1, 0.15) is 12.7 Å². The van der Waals surface area contributed by atoms with Crippen molar-refractivity contribution >= 4 is 29.9 Å². The molecule has 1 aliphatic carbocycles. The highest BCUT2D eigenvalue weighted by molar-refractivity contribution is 14.0. The van der Waals surface area contributed by atoms with Crippen LogP contribution in [-0.2, 0) is 6.54 Å². The lowest BCUT2D eigenvalue weighted by Gasteiger charge is -2.16. The Morgan fingerprint density at radius 2 is 2.22 bits per heavy atom. The topological polar surface area (TPSA) is 67.1 Å². The Morgan fingerprint density at radius 3 is 2.83 bits per heavy atom. The zero-order chi connectivity index (χ0) is 11.9. The molecule has 18 heavy (non-hydrogen) atoms. The molecule has 6 nitrogen and oxygen atoms in total. The van der Waals surface area contributed by atoms with Gasteiger partial charge in [0.05, 0.1) is 6.54 Å². The molecule has 0 spiro atoms. The minimum absolute atomic E-state index is 0. The summed E-state index contributed by atoms with van der Waals surface area (Å²) >= 11 is 0. The smallest absolute Gasteiger partial charge is 0.191 e. The molecule has 0 saturated heterocycles. The highest BCUT2D eigenvalue weighted by Crippen LogP contribution is 2.17. The Hall–Kier alpha value is -0.860. The molecular formula is C11H21IN6. The predicted octanol–water partition coefficient (Wildman–Crippen LogP) is 1.00. The first-order valence-electron chi connectivity index (χ1n) is 6.18. The third-order valence-electron chi connectivity index (χ3n) is 3.02. The SMILES string of the molecule is CN=C(NCCn1cncn1)NC1CCCC1.I. The van der Waals surface area contributed by atoms with E-state index in [2.05, 4.69) is 25.7 Å². The fourth-order valence-corrected chi connectivity index (χ4v) is 2.10. The maximum atomic E-state index is 4.22. The van der Waals surface area contributed by atoms with Crippen LogP contribution >= 0.6 is 24.0 Å². The Morgan fingerprint density at radius 1 is 1.44 bits per heavy atom. The summed E-state index contributed by atoms with van der Waals surface area (Å²) in [7, 11) is 1.81. The average molecular weight is 364 g/mol. The standard InChI is InChI=1S/C11H20N6.HI/c1-12-11(16-10-4-2-3-5-10)14-6-7-17-9-13-8-15-17;/h8-10H,2-7H2,1H3,(H2,12,14,16);1H. The van der Waals surface area contributed by atoms with Gasteiger partial charge in [0, 0.05) is 19.6 Å². The largest absolute Gasteiger partial charge is 0.355 e. The summed E-state index contributed by atoms with van der Waals surface area (Å²) in [5.74, 6) is 0.886. The van der Waals surface area contributed by atoms with Gasteiger partial charge in [0.25, 0.3) is 0 Å². The Bertz CT molecular complexity index is 344. The van der Waals surface area contributed by atoms with Gasteiger partial charge in [-0.1, -0.05) is 12.8 Å². The van der Waals surface area contributed by atoms with Crippen LogP contribution < -0.4 is 10.6 Å². The summed E-state index contributed by atoms with van der Waals surface area (Å²) in [5, 5.41) is 10.8. The first-order chi connectivity index (χ1) is 8.38. The molecule has 0 unspecified atom stereocenters. The van der Waals surface area contributed by atoms with E-state index >= 15 is 0 Å². The quantitative estimate of drug-likeness (QED) is 0.475. The summed E-state index contributed by atoms with van der Waals surface area (Å²) in [6.45, 7) is 1.60. The van der Waals surface area contributed by atoms with E-state index in [-0.39, 0.29) is 24.0 Å². The van der Waals surface area contributed by atoms with E-state index in [9.17, 15) is 0 Å². The van der Waals surface area contributed by atoms with Gasteiger partial charge < -0.3 is 10.6 Å². The van der Waals surface area contributed by atoms with Gasteiger partial charge >= 0.3 is 0 Å².